The highest BCUT2D eigenvalue weighted by Crippen LogP contribution is 2.32. The molecule has 1 aromatic heterocycles. The average Bonchev–Trinajstić information content (AvgIpc) is 2.79. The first kappa shape index (κ1) is 24.8. The molecule has 1 aliphatic heterocycles. The van der Waals surface area contributed by atoms with Crippen molar-refractivity contribution in [3.05, 3.63) is 64.4 Å². The van der Waals surface area contributed by atoms with E-state index >= 15 is 0 Å². The summed E-state index contributed by atoms with van der Waals surface area (Å²) in [5.41, 5.74) is 3.49. The lowest BCUT2D eigenvalue weighted by atomic mass is 9.90. The molecule has 3 rings (SSSR count). The van der Waals surface area contributed by atoms with Crippen LogP contribution in [0.1, 0.15) is 43.7 Å². The van der Waals surface area contributed by atoms with Gasteiger partial charge in [0.15, 0.2) is 0 Å². The number of halogens is 1. The quantitative estimate of drug-likeness (QED) is 0.407. The summed E-state index contributed by atoms with van der Waals surface area (Å²) in [6, 6.07) is 10.5. The zero-order valence-electron chi connectivity index (χ0n) is 18.2. The van der Waals surface area contributed by atoms with Crippen LogP contribution in [-0.4, -0.2) is 52.3 Å². The molecule has 0 bridgehead atoms. The van der Waals surface area contributed by atoms with Crippen molar-refractivity contribution in [3.63, 3.8) is 0 Å². The molecule has 174 valence electrons. The number of hydrogen-bond acceptors (Lipinski definition) is 5. The highest BCUT2D eigenvalue weighted by Gasteiger charge is 2.41. The van der Waals surface area contributed by atoms with E-state index in [4.69, 9.17) is 0 Å². The average molecular weight is 525 g/mol. The first-order valence-electron chi connectivity index (χ1n) is 10.6. The number of aromatic nitrogens is 1. The number of amides is 1. The van der Waals surface area contributed by atoms with Crippen molar-refractivity contribution in [2.45, 2.75) is 45.2 Å². The molecule has 1 aromatic carbocycles. The van der Waals surface area contributed by atoms with E-state index in [1.54, 1.807) is 43.9 Å². The summed E-state index contributed by atoms with van der Waals surface area (Å²) < 4.78 is 31.0. The first-order valence-corrected chi connectivity index (χ1v) is 12.8. The Morgan fingerprint density at radius 1 is 1.25 bits per heavy atom. The number of hydroxylamine groups is 1. The van der Waals surface area contributed by atoms with Gasteiger partial charge in [-0.1, -0.05) is 48.0 Å². The lowest BCUT2D eigenvalue weighted by Gasteiger charge is -2.38. The standard InChI is InChI=1S/C22H29BrN4O4S/c1-16(2)21(22(28)25-29)27(15-17-4-3-11-24-14-17)32(30,31)26-12-9-19(10-13-26)18-5-7-20(23)8-6-18/h3-8,11,14,16,19,21,29H,9-10,12-13,15H2,1-2H3,(H,25,28)/t21-/m1/s1. The summed E-state index contributed by atoms with van der Waals surface area (Å²) in [5.74, 6) is -0.825. The number of benzene rings is 1. The molecule has 32 heavy (non-hydrogen) atoms. The number of piperidine rings is 1. The maximum absolute atomic E-state index is 13.7. The fraction of sp³-hybridized carbons (Fsp3) is 0.455. The van der Waals surface area contributed by atoms with Gasteiger partial charge in [0.1, 0.15) is 6.04 Å². The minimum atomic E-state index is -3.97. The predicted molar refractivity (Wildman–Crippen MR) is 125 cm³/mol. The van der Waals surface area contributed by atoms with Crippen LogP contribution < -0.4 is 5.48 Å². The van der Waals surface area contributed by atoms with Crippen molar-refractivity contribution in [2.75, 3.05) is 13.1 Å². The Hall–Kier alpha value is -1.85. The summed E-state index contributed by atoms with van der Waals surface area (Å²) in [4.78, 5) is 16.5. The second kappa shape index (κ2) is 10.8. The van der Waals surface area contributed by atoms with Crippen molar-refractivity contribution in [3.8, 4) is 0 Å². The fourth-order valence-corrected chi connectivity index (χ4v) is 6.30. The molecule has 1 saturated heterocycles. The Bertz CT molecular complexity index is 994. The van der Waals surface area contributed by atoms with Crippen LogP contribution in [0.15, 0.2) is 53.3 Å². The third-order valence-electron chi connectivity index (χ3n) is 5.80. The number of hydrogen-bond donors (Lipinski definition) is 2. The van der Waals surface area contributed by atoms with E-state index in [9.17, 15) is 18.4 Å². The van der Waals surface area contributed by atoms with E-state index in [1.165, 1.54) is 14.2 Å². The zero-order chi connectivity index (χ0) is 23.3. The molecule has 0 unspecified atom stereocenters. The van der Waals surface area contributed by atoms with Crippen LogP contribution in [-0.2, 0) is 21.5 Å². The molecule has 1 amide bonds. The molecule has 2 heterocycles. The Kier molecular flexibility index (Phi) is 8.40. The van der Waals surface area contributed by atoms with Crippen LogP contribution in [0.25, 0.3) is 0 Å². The zero-order valence-corrected chi connectivity index (χ0v) is 20.6. The SMILES string of the molecule is CC(C)[C@H](C(=O)NO)N(Cc1cccnc1)S(=O)(=O)N1CCC(c2ccc(Br)cc2)CC1. The highest BCUT2D eigenvalue weighted by molar-refractivity contribution is 9.10. The molecule has 10 heteroatoms. The summed E-state index contributed by atoms with van der Waals surface area (Å²) in [7, 11) is -3.97. The van der Waals surface area contributed by atoms with Crippen molar-refractivity contribution in [1.82, 2.24) is 19.1 Å². The van der Waals surface area contributed by atoms with Crippen molar-refractivity contribution >= 4 is 32.0 Å². The summed E-state index contributed by atoms with van der Waals surface area (Å²) in [6.07, 6.45) is 4.58. The lowest BCUT2D eigenvalue weighted by molar-refractivity contribution is -0.134. The van der Waals surface area contributed by atoms with Gasteiger partial charge in [-0.2, -0.15) is 17.0 Å². The number of rotatable bonds is 8. The minimum Gasteiger partial charge on any atom is -0.289 e. The molecule has 0 aliphatic carbocycles. The molecule has 8 nitrogen and oxygen atoms in total. The highest BCUT2D eigenvalue weighted by atomic mass is 79.9. The number of carbonyl (C=O) groups is 1. The monoisotopic (exact) mass is 524 g/mol. The van der Waals surface area contributed by atoms with E-state index in [0.29, 0.717) is 31.5 Å². The maximum Gasteiger partial charge on any atom is 0.283 e. The van der Waals surface area contributed by atoms with Gasteiger partial charge in [0, 0.05) is 36.5 Å². The molecule has 1 aliphatic rings. The van der Waals surface area contributed by atoms with E-state index in [0.717, 1.165) is 4.47 Å². The van der Waals surface area contributed by atoms with Crippen molar-refractivity contribution in [1.29, 1.82) is 0 Å². The Labute approximate surface area is 197 Å². The minimum absolute atomic E-state index is 0.0148. The van der Waals surface area contributed by atoms with Gasteiger partial charge >= 0.3 is 0 Å². The van der Waals surface area contributed by atoms with Gasteiger partial charge in [0.05, 0.1) is 0 Å². The molecule has 1 atom stereocenters. The number of nitrogens with zero attached hydrogens (tertiary/aromatic N) is 3. The van der Waals surface area contributed by atoms with Gasteiger partial charge < -0.3 is 0 Å². The summed E-state index contributed by atoms with van der Waals surface area (Å²) >= 11 is 3.44. The van der Waals surface area contributed by atoms with Gasteiger partial charge in [-0.05, 0) is 54.0 Å². The van der Waals surface area contributed by atoms with E-state index < -0.39 is 22.2 Å². The van der Waals surface area contributed by atoms with Crippen molar-refractivity contribution in [2.24, 2.45) is 5.92 Å². The molecular formula is C22H29BrN4O4S. The Morgan fingerprint density at radius 2 is 1.91 bits per heavy atom. The van der Waals surface area contributed by atoms with Crippen molar-refractivity contribution < 1.29 is 18.4 Å². The third-order valence-corrected chi connectivity index (χ3v) is 8.30. The molecular weight excluding hydrogens is 496 g/mol. The first-order chi connectivity index (χ1) is 15.2. The molecule has 2 aromatic rings. The molecule has 0 saturated carbocycles. The molecule has 0 spiro atoms. The normalized spacial score (nSPS) is 16.9. The van der Waals surface area contributed by atoms with Crippen LogP contribution in [0, 0.1) is 5.92 Å². The Balaban J connectivity index is 1.84. The maximum atomic E-state index is 13.7. The second-order valence-corrected chi connectivity index (χ2v) is 11.1. The van der Waals surface area contributed by atoms with Gasteiger partial charge in [0.2, 0.25) is 0 Å². The number of pyridine rings is 1. The third kappa shape index (κ3) is 5.74. The molecule has 0 radical (unpaired) electrons. The van der Waals surface area contributed by atoms with Gasteiger partial charge in [0.25, 0.3) is 16.1 Å². The second-order valence-electron chi connectivity index (χ2n) is 8.30. The smallest absolute Gasteiger partial charge is 0.283 e. The van der Waals surface area contributed by atoms with E-state index in [-0.39, 0.29) is 18.4 Å². The topological polar surface area (TPSA) is 103 Å². The van der Waals surface area contributed by atoms with Crippen LogP contribution in [0.4, 0.5) is 0 Å². The van der Waals surface area contributed by atoms with Crippen LogP contribution in [0.5, 0.6) is 0 Å². The van der Waals surface area contributed by atoms with E-state index in [2.05, 4.69) is 33.0 Å². The van der Waals surface area contributed by atoms with Crippen LogP contribution in [0.3, 0.4) is 0 Å². The largest absolute Gasteiger partial charge is 0.289 e. The fourth-order valence-electron chi connectivity index (χ4n) is 4.13. The van der Waals surface area contributed by atoms with Crippen LogP contribution in [0.2, 0.25) is 0 Å². The van der Waals surface area contributed by atoms with Gasteiger partial charge in [-0.25, -0.2) is 5.48 Å². The number of nitrogens with one attached hydrogen (secondary N) is 1. The Morgan fingerprint density at radius 3 is 2.44 bits per heavy atom. The summed E-state index contributed by atoms with van der Waals surface area (Å²) in [5, 5.41) is 9.28. The molecule has 1 fully saturated rings. The number of carbonyl (C=O) groups excluding carboxylic acids is 1. The molecule has 2 N–H and O–H groups in total. The van der Waals surface area contributed by atoms with Gasteiger partial charge in [-0.15, -0.1) is 0 Å². The lowest BCUT2D eigenvalue weighted by Crippen LogP contribution is -2.56. The summed E-state index contributed by atoms with van der Waals surface area (Å²) in [6.45, 7) is 4.21. The predicted octanol–water partition coefficient (Wildman–Crippen LogP) is 3.30. The van der Waals surface area contributed by atoms with Crippen LogP contribution >= 0.6 is 15.9 Å². The van der Waals surface area contributed by atoms with Gasteiger partial charge in [-0.3, -0.25) is 15.0 Å². The van der Waals surface area contributed by atoms with E-state index in [1.807, 2.05) is 12.1 Å².